The lowest BCUT2D eigenvalue weighted by molar-refractivity contribution is -0.114. The minimum atomic E-state index is -0.385. The van der Waals surface area contributed by atoms with E-state index in [-0.39, 0.29) is 17.3 Å². The molecule has 5 nitrogen and oxygen atoms in total. The van der Waals surface area contributed by atoms with Crippen molar-refractivity contribution in [2.24, 2.45) is 4.99 Å². The van der Waals surface area contributed by atoms with Crippen LogP contribution in [-0.2, 0) is 4.79 Å². The zero-order valence-electron chi connectivity index (χ0n) is 15.1. The summed E-state index contributed by atoms with van der Waals surface area (Å²) in [7, 11) is 0. The summed E-state index contributed by atoms with van der Waals surface area (Å²) < 4.78 is 2.05. The number of rotatable bonds is 2. The molecular weight excluding hydrogens is 380 g/mol. The quantitative estimate of drug-likeness (QED) is 0.733. The first-order chi connectivity index (χ1) is 12.9. The molecule has 1 N–H and O–H groups in total. The van der Waals surface area contributed by atoms with Crippen molar-refractivity contribution in [3.8, 4) is 5.69 Å². The van der Waals surface area contributed by atoms with Gasteiger partial charge in [0.05, 0.1) is 16.3 Å². The van der Waals surface area contributed by atoms with Gasteiger partial charge in [0, 0.05) is 22.5 Å². The van der Waals surface area contributed by atoms with Crippen molar-refractivity contribution in [1.29, 1.82) is 5.41 Å². The number of para-hydroxylation sites is 1. The van der Waals surface area contributed by atoms with Gasteiger partial charge < -0.3 is 4.57 Å². The molecule has 0 radical (unpaired) electrons. The Kier molecular flexibility index (Phi) is 4.32. The highest BCUT2D eigenvalue weighted by Crippen LogP contribution is 2.33. The zero-order valence-corrected chi connectivity index (χ0v) is 16.6. The first kappa shape index (κ1) is 17.8. The molecular formula is C20H17ClN4OS. The molecule has 0 aliphatic carbocycles. The number of aryl methyl sites for hydroxylation is 1. The van der Waals surface area contributed by atoms with E-state index in [9.17, 15) is 4.79 Å². The van der Waals surface area contributed by atoms with Gasteiger partial charge in [0.2, 0.25) is 0 Å². The van der Waals surface area contributed by atoms with Crippen LogP contribution in [0.1, 0.15) is 23.9 Å². The van der Waals surface area contributed by atoms with Crippen molar-refractivity contribution in [2.45, 2.75) is 20.8 Å². The number of carbonyl (C=O) groups is 1. The molecule has 0 saturated heterocycles. The number of nitrogens with zero attached hydrogens (tertiary/aromatic N) is 3. The predicted molar refractivity (Wildman–Crippen MR) is 112 cm³/mol. The van der Waals surface area contributed by atoms with Gasteiger partial charge in [-0.05, 0) is 50.6 Å². The number of amidine groups is 2. The monoisotopic (exact) mass is 396 g/mol. The van der Waals surface area contributed by atoms with Crippen molar-refractivity contribution in [1.82, 2.24) is 9.47 Å². The third-order valence-corrected chi connectivity index (χ3v) is 5.77. The Morgan fingerprint density at radius 1 is 1.22 bits per heavy atom. The average Bonchev–Trinajstić information content (AvgIpc) is 3.12. The third kappa shape index (κ3) is 2.95. The standard InChI is InChI=1S/C20H17ClN4OS/c1-11-8-14(13(3)25(11)17-7-5-4-6-16(17)21)9-15-18(22)24-10-12(2)27-20(24)23-19(15)26/h4-10,22H,1-3H3/b15-9-,22-18?. The Balaban J connectivity index is 1.80. The highest BCUT2D eigenvalue weighted by molar-refractivity contribution is 8.17. The lowest BCUT2D eigenvalue weighted by Crippen LogP contribution is -2.35. The maximum absolute atomic E-state index is 12.5. The smallest absolute Gasteiger partial charge is 0.283 e. The van der Waals surface area contributed by atoms with E-state index in [1.807, 2.05) is 57.3 Å². The molecule has 27 heavy (non-hydrogen) atoms. The van der Waals surface area contributed by atoms with E-state index in [0.717, 1.165) is 27.5 Å². The highest BCUT2D eigenvalue weighted by Gasteiger charge is 2.33. The van der Waals surface area contributed by atoms with E-state index >= 15 is 0 Å². The molecule has 0 saturated carbocycles. The summed E-state index contributed by atoms with van der Waals surface area (Å²) in [6.45, 7) is 5.90. The molecule has 2 aromatic rings. The fourth-order valence-corrected chi connectivity index (χ4v) is 4.33. The van der Waals surface area contributed by atoms with E-state index < -0.39 is 0 Å². The number of benzene rings is 1. The van der Waals surface area contributed by atoms with Crippen LogP contribution in [0.5, 0.6) is 0 Å². The fraction of sp³-hybridized carbons (Fsp3) is 0.150. The number of hydrogen-bond acceptors (Lipinski definition) is 3. The Hall–Kier alpha value is -2.57. The van der Waals surface area contributed by atoms with Crippen LogP contribution in [0.25, 0.3) is 11.8 Å². The molecule has 1 aromatic carbocycles. The lowest BCUT2D eigenvalue weighted by atomic mass is 10.1. The van der Waals surface area contributed by atoms with Crippen LogP contribution in [0.4, 0.5) is 0 Å². The molecule has 136 valence electrons. The number of aromatic nitrogens is 1. The summed E-state index contributed by atoms with van der Waals surface area (Å²) in [6, 6.07) is 9.63. The van der Waals surface area contributed by atoms with Crippen molar-refractivity contribution >= 4 is 46.3 Å². The Morgan fingerprint density at radius 2 is 1.96 bits per heavy atom. The Labute approximate surface area is 166 Å². The van der Waals surface area contributed by atoms with E-state index in [0.29, 0.717) is 10.2 Å². The van der Waals surface area contributed by atoms with E-state index in [1.54, 1.807) is 11.0 Å². The zero-order chi connectivity index (χ0) is 19.3. The number of amides is 1. The number of fused-ring (bicyclic) bond motifs is 1. The van der Waals surface area contributed by atoms with Crippen LogP contribution < -0.4 is 0 Å². The van der Waals surface area contributed by atoms with Gasteiger partial charge in [0.1, 0.15) is 5.84 Å². The molecule has 0 fully saturated rings. The van der Waals surface area contributed by atoms with E-state index in [1.165, 1.54) is 11.8 Å². The summed E-state index contributed by atoms with van der Waals surface area (Å²) in [6.07, 6.45) is 3.58. The molecule has 2 aliphatic heterocycles. The van der Waals surface area contributed by atoms with E-state index in [2.05, 4.69) is 9.56 Å². The molecule has 0 unspecified atom stereocenters. The first-order valence-corrected chi connectivity index (χ1v) is 9.59. The van der Waals surface area contributed by atoms with Crippen molar-refractivity contribution < 1.29 is 4.79 Å². The molecule has 0 atom stereocenters. The predicted octanol–water partition coefficient (Wildman–Crippen LogP) is 4.91. The van der Waals surface area contributed by atoms with Crippen molar-refractivity contribution in [3.05, 3.63) is 69.0 Å². The summed E-state index contributed by atoms with van der Waals surface area (Å²) in [5.74, 6) is -0.235. The van der Waals surface area contributed by atoms with Gasteiger partial charge in [0.25, 0.3) is 5.91 Å². The molecule has 0 bridgehead atoms. The van der Waals surface area contributed by atoms with E-state index in [4.69, 9.17) is 17.0 Å². The number of thioether (sulfide) groups is 1. The summed E-state index contributed by atoms with van der Waals surface area (Å²) in [4.78, 5) is 19.3. The second kappa shape index (κ2) is 6.55. The van der Waals surface area contributed by atoms with Gasteiger partial charge in [-0.3, -0.25) is 15.1 Å². The van der Waals surface area contributed by atoms with Crippen LogP contribution in [0.15, 0.2) is 52.0 Å². The lowest BCUT2D eigenvalue weighted by Gasteiger charge is -2.22. The van der Waals surface area contributed by atoms with Gasteiger partial charge in [-0.1, -0.05) is 35.5 Å². The van der Waals surface area contributed by atoms with Gasteiger partial charge in [-0.15, -0.1) is 0 Å². The number of carbonyl (C=O) groups excluding carboxylic acids is 1. The third-order valence-electron chi connectivity index (χ3n) is 4.56. The topological polar surface area (TPSA) is 61.5 Å². The van der Waals surface area contributed by atoms with Gasteiger partial charge in [-0.2, -0.15) is 4.99 Å². The van der Waals surface area contributed by atoms with Crippen LogP contribution in [-0.4, -0.2) is 26.4 Å². The van der Waals surface area contributed by atoms with Gasteiger partial charge in [-0.25, -0.2) is 0 Å². The number of hydrogen-bond donors (Lipinski definition) is 1. The SMILES string of the molecule is CC1=CN2C(=N)/C(=C/c3cc(C)n(-c4ccccc4Cl)c3C)C(=O)N=C2S1. The fourth-order valence-electron chi connectivity index (χ4n) is 3.29. The molecule has 7 heteroatoms. The van der Waals surface area contributed by atoms with Gasteiger partial charge >= 0.3 is 0 Å². The number of allylic oxidation sites excluding steroid dienone is 1. The van der Waals surface area contributed by atoms with Crippen LogP contribution >= 0.6 is 23.4 Å². The second-order valence-electron chi connectivity index (χ2n) is 6.43. The van der Waals surface area contributed by atoms with Crippen LogP contribution in [0, 0.1) is 19.3 Å². The molecule has 4 rings (SSSR count). The maximum Gasteiger partial charge on any atom is 0.283 e. The minimum absolute atomic E-state index is 0.150. The Morgan fingerprint density at radius 3 is 2.70 bits per heavy atom. The molecule has 1 aromatic heterocycles. The average molecular weight is 397 g/mol. The maximum atomic E-state index is 12.5. The summed E-state index contributed by atoms with van der Waals surface area (Å²) in [5.41, 5.74) is 3.99. The first-order valence-electron chi connectivity index (χ1n) is 8.40. The number of nitrogens with one attached hydrogen (secondary N) is 1. The molecule has 3 heterocycles. The summed E-state index contributed by atoms with van der Waals surface area (Å²) in [5, 5.41) is 9.64. The van der Waals surface area contributed by atoms with Crippen LogP contribution in [0.3, 0.4) is 0 Å². The Bertz CT molecular complexity index is 1090. The van der Waals surface area contributed by atoms with Crippen molar-refractivity contribution in [3.63, 3.8) is 0 Å². The molecule has 1 amide bonds. The minimum Gasteiger partial charge on any atom is -0.316 e. The number of halogens is 1. The molecule has 2 aliphatic rings. The normalized spacial score (nSPS) is 18.1. The van der Waals surface area contributed by atoms with Crippen LogP contribution in [0.2, 0.25) is 5.02 Å². The largest absolute Gasteiger partial charge is 0.316 e. The number of aliphatic imine (C=N–C) groups is 1. The molecule has 0 spiro atoms. The summed E-state index contributed by atoms with van der Waals surface area (Å²) >= 11 is 7.77. The van der Waals surface area contributed by atoms with Crippen molar-refractivity contribution in [2.75, 3.05) is 0 Å². The van der Waals surface area contributed by atoms with Gasteiger partial charge in [0.15, 0.2) is 5.17 Å². The second-order valence-corrected chi connectivity index (χ2v) is 8.05. The highest BCUT2D eigenvalue weighted by atomic mass is 35.5.